The van der Waals surface area contributed by atoms with E-state index in [1.54, 1.807) is 4.57 Å². The first kappa shape index (κ1) is 21.5. The Bertz CT molecular complexity index is 891. The average Bonchev–Trinajstić information content (AvgIpc) is 2.83. The molecule has 0 saturated heterocycles. The monoisotopic (exact) mass is 423 g/mol. The maximum Gasteiger partial charge on any atom is 0.422 e. The summed E-state index contributed by atoms with van der Waals surface area (Å²) in [5.41, 5.74) is 0.810. The molecule has 2 rings (SSSR count). The van der Waals surface area contributed by atoms with E-state index in [-0.39, 0.29) is 18.1 Å². The molecule has 0 atom stereocenters. The van der Waals surface area contributed by atoms with Crippen molar-refractivity contribution in [2.75, 3.05) is 18.9 Å². The zero-order valence-electron chi connectivity index (χ0n) is 15.3. The Morgan fingerprint density at radius 2 is 2.04 bits per heavy atom. The van der Waals surface area contributed by atoms with Gasteiger partial charge in [-0.2, -0.15) is 13.2 Å². The number of carbonyl (C=O) groups excluding carboxylic acids is 1. The molecule has 0 aliphatic heterocycles. The number of carbonyl (C=O) groups is 1. The van der Waals surface area contributed by atoms with Gasteiger partial charge in [0.1, 0.15) is 4.83 Å². The van der Waals surface area contributed by atoms with Crippen molar-refractivity contribution in [3.8, 4) is 0 Å². The molecule has 27 heavy (non-hydrogen) atoms. The lowest BCUT2D eigenvalue weighted by atomic mass is 10.2. The highest BCUT2D eigenvalue weighted by molar-refractivity contribution is 7.99. The number of alkyl carbamates (subject to hydrolysis) is 1. The van der Waals surface area contributed by atoms with E-state index in [1.165, 1.54) is 23.1 Å². The van der Waals surface area contributed by atoms with Crippen LogP contribution in [0.2, 0.25) is 0 Å². The van der Waals surface area contributed by atoms with Crippen molar-refractivity contribution < 1.29 is 22.7 Å². The lowest BCUT2D eigenvalue weighted by Crippen LogP contribution is -2.30. The van der Waals surface area contributed by atoms with Crippen molar-refractivity contribution >= 4 is 39.4 Å². The zero-order valence-corrected chi connectivity index (χ0v) is 16.9. The number of thioether (sulfide) groups is 1. The topological polar surface area (TPSA) is 73.2 Å². The van der Waals surface area contributed by atoms with Gasteiger partial charge >= 0.3 is 12.3 Å². The maximum atomic E-state index is 12.9. The van der Waals surface area contributed by atoms with E-state index in [0.717, 1.165) is 10.4 Å². The summed E-state index contributed by atoms with van der Waals surface area (Å²) in [6, 6.07) is -0.110. The first-order valence-electron chi connectivity index (χ1n) is 8.13. The van der Waals surface area contributed by atoms with Gasteiger partial charge in [-0.15, -0.1) is 11.3 Å². The van der Waals surface area contributed by atoms with Crippen LogP contribution in [0.25, 0.3) is 10.2 Å². The van der Waals surface area contributed by atoms with Gasteiger partial charge in [0.25, 0.3) is 5.56 Å². The van der Waals surface area contributed by atoms with E-state index in [2.05, 4.69) is 15.0 Å². The summed E-state index contributed by atoms with van der Waals surface area (Å²) in [5.74, 6) is 0.328. The fraction of sp³-hybridized carbons (Fsp3) is 0.562. The van der Waals surface area contributed by atoms with E-state index in [1.807, 2.05) is 27.7 Å². The Labute approximate surface area is 162 Å². The molecule has 0 spiro atoms. The number of thiophene rings is 1. The number of hydrogen-bond donors (Lipinski definition) is 1. The minimum Gasteiger partial charge on any atom is -0.440 e. The molecule has 0 aliphatic carbocycles. The van der Waals surface area contributed by atoms with Crippen LogP contribution in [-0.4, -0.2) is 40.7 Å². The molecule has 0 unspecified atom stereocenters. The molecule has 1 amide bonds. The highest BCUT2D eigenvalue weighted by Crippen LogP contribution is 2.29. The van der Waals surface area contributed by atoms with E-state index in [9.17, 15) is 22.8 Å². The molecule has 11 heteroatoms. The minimum absolute atomic E-state index is 0.0792. The fourth-order valence-electron chi connectivity index (χ4n) is 2.34. The normalized spacial score (nSPS) is 12.0. The molecule has 2 heterocycles. The smallest absolute Gasteiger partial charge is 0.422 e. The number of halogens is 3. The first-order chi connectivity index (χ1) is 12.5. The Morgan fingerprint density at radius 3 is 2.63 bits per heavy atom. The highest BCUT2D eigenvalue weighted by atomic mass is 32.2. The third-order valence-electron chi connectivity index (χ3n) is 3.69. The fourth-order valence-corrected chi connectivity index (χ4v) is 4.39. The molecular formula is C16H20F3N3O3S2. The van der Waals surface area contributed by atoms with E-state index in [0.29, 0.717) is 21.1 Å². The van der Waals surface area contributed by atoms with Gasteiger partial charge in [-0.05, 0) is 33.3 Å². The number of nitrogens with one attached hydrogen (secondary N) is 1. The van der Waals surface area contributed by atoms with Crippen LogP contribution in [0.5, 0.6) is 0 Å². The van der Waals surface area contributed by atoms with Crippen LogP contribution in [0.3, 0.4) is 0 Å². The van der Waals surface area contributed by atoms with Crippen molar-refractivity contribution in [1.82, 2.24) is 14.9 Å². The zero-order chi connectivity index (χ0) is 20.4. The quantitative estimate of drug-likeness (QED) is 0.431. The summed E-state index contributed by atoms with van der Waals surface area (Å²) in [6.07, 6.45) is -5.70. The number of amides is 1. The Balaban J connectivity index is 2.07. The summed E-state index contributed by atoms with van der Waals surface area (Å²) in [6.45, 7) is 6.03. The molecule has 150 valence electrons. The van der Waals surface area contributed by atoms with Crippen LogP contribution in [0.15, 0.2) is 9.95 Å². The lowest BCUT2D eigenvalue weighted by molar-refractivity contribution is -0.160. The van der Waals surface area contributed by atoms with Crippen molar-refractivity contribution in [1.29, 1.82) is 0 Å². The largest absolute Gasteiger partial charge is 0.440 e. The summed E-state index contributed by atoms with van der Waals surface area (Å²) >= 11 is 2.70. The summed E-state index contributed by atoms with van der Waals surface area (Å²) in [4.78, 5) is 30.4. The molecule has 2 aromatic heterocycles. The summed E-state index contributed by atoms with van der Waals surface area (Å²) in [7, 11) is 0. The predicted octanol–water partition coefficient (Wildman–Crippen LogP) is 4.04. The molecule has 0 aliphatic rings. The minimum atomic E-state index is -4.56. The standard InChI is InChI=1S/C16H20F3N3O3S2/c1-8(2)22-13(23)11-9(3)10(4)27-12(11)21-14(22)26-6-5-20-15(24)25-7-16(17,18)19/h8H,5-7H2,1-4H3,(H,20,24). The van der Waals surface area contributed by atoms with E-state index in [4.69, 9.17) is 0 Å². The van der Waals surface area contributed by atoms with Gasteiger partial charge in [-0.3, -0.25) is 9.36 Å². The third-order valence-corrected chi connectivity index (χ3v) is 5.74. The van der Waals surface area contributed by atoms with Crippen LogP contribution >= 0.6 is 23.1 Å². The third kappa shape index (κ3) is 5.38. The van der Waals surface area contributed by atoms with Crippen LogP contribution in [0, 0.1) is 13.8 Å². The van der Waals surface area contributed by atoms with Gasteiger partial charge in [-0.25, -0.2) is 9.78 Å². The number of fused-ring (bicyclic) bond motifs is 1. The summed E-state index contributed by atoms with van der Waals surface area (Å²) < 4.78 is 41.6. The van der Waals surface area contributed by atoms with Crippen LogP contribution in [0.1, 0.15) is 30.3 Å². The number of aromatic nitrogens is 2. The van der Waals surface area contributed by atoms with E-state index >= 15 is 0 Å². The number of hydrogen-bond acceptors (Lipinski definition) is 6. The average molecular weight is 423 g/mol. The predicted molar refractivity (Wildman–Crippen MR) is 99.9 cm³/mol. The van der Waals surface area contributed by atoms with Crippen molar-refractivity contribution in [2.24, 2.45) is 0 Å². The maximum absolute atomic E-state index is 12.9. The van der Waals surface area contributed by atoms with Crippen LogP contribution in [0.4, 0.5) is 18.0 Å². The SMILES string of the molecule is Cc1sc2nc(SCCNC(=O)OCC(F)(F)F)n(C(C)C)c(=O)c2c1C. The first-order valence-corrected chi connectivity index (χ1v) is 9.94. The highest BCUT2D eigenvalue weighted by Gasteiger charge is 2.29. The molecule has 0 bridgehead atoms. The van der Waals surface area contributed by atoms with Crippen LogP contribution < -0.4 is 10.9 Å². The Kier molecular flexibility index (Phi) is 6.79. The van der Waals surface area contributed by atoms with Crippen LogP contribution in [-0.2, 0) is 4.74 Å². The van der Waals surface area contributed by atoms with Crippen molar-refractivity contribution in [2.45, 2.75) is 45.1 Å². The number of ether oxygens (including phenoxy) is 1. The second-order valence-electron chi connectivity index (χ2n) is 6.09. The van der Waals surface area contributed by atoms with Gasteiger partial charge in [0.05, 0.1) is 5.39 Å². The van der Waals surface area contributed by atoms with Crippen molar-refractivity contribution in [3.63, 3.8) is 0 Å². The number of nitrogens with zero attached hydrogens (tertiary/aromatic N) is 2. The second kappa shape index (κ2) is 8.51. The van der Waals surface area contributed by atoms with Gasteiger partial charge in [-0.1, -0.05) is 11.8 Å². The molecule has 6 nitrogen and oxygen atoms in total. The van der Waals surface area contributed by atoms with Gasteiger partial charge < -0.3 is 10.1 Å². The molecule has 0 saturated carbocycles. The van der Waals surface area contributed by atoms with Gasteiger partial charge in [0.15, 0.2) is 11.8 Å². The molecule has 0 radical (unpaired) electrons. The number of aryl methyl sites for hydroxylation is 2. The Morgan fingerprint density at radius 1 is 1.37 bits per heavy atom. The molecular weight excluding hydrogens is 403 g/mol. The second-order valence-corrected chi connectivity index (χ2v) is 8.36. The van der Waals surface area contributed by atoms with E-state index < -0.39 is 18.9 Å². The van der Waals surface area contributed by atoms with Gasteiger partial charge in [0.2, 0.25) is 0 Å². The number of rotatable bonds is 6. The summed E-state index contributed by atoms with van der Waals surface area (Å²) in [5, 5.41) is 3.37. The Hall–Kier alpha value is -1.75. The van der Waals surface area contributed by atoms with Gasteiger partial charge in [0, 0.05) is 23.2 Å². The molecule has 0 fully saturated rings. The van der Waals surface area contributed by atoms with Crippen molar-refractivity contribution in [3.05, 3.63) is 20.8 Å². The lowest BCUT2D eigenvalue weighted by Gasteiger charge is -2.15. The molecule has 0 aromatic carbocycles. The molecule has 2 aromatic rings. The number of alkyl halides is 3. The molecule has 1 N–H and O–H groups in total.